The smallest absolute Gasteiger partial charge is 0.321 e. The quantitative estimate of drug-likeness (QED) is 0.750. The van der Waals surface area contributed by atoms with E-state index < -0.39 is 28.5 Å². The number of anilines is 1. The Labute approximate surface area is 169 Å². The van der Waals surface area contributed by atoms with E-state index in [2.05, 4.69) is 15.4 Å². The van der Waals surface area contributed by atoms with Crippen molar-refractivity contribution in [2.75, 3.05) is 12.4 Å². The maximum absolute atomic E-state index is 12.9. The van der Waals surface area contributed by atoms with Gasteiger partial charge in [0.15, 0.2) is 0 Å². The molecule has 0 spiro atoms. The molecule has 2 amide bonds. The van der Waals surface area contributed by atoms with Crippen LogP contribution in [0.5, 0.6) is 0 Å². The molecule has 6 nitrogen and oxygen atoms in total. The zero-order valence-corrected chi connectivity index (χ0v) is 16.2. The number of halogens is 4. The summed E-state index contributed by atoms with van der Waals surface area (Å²) in [4.78, 5) is 27.6. The number of rotatable bonds is 3. The second kappa shape index (κ2) is 7.82. The number of alkyl halides is 3. The summed E-state index contributed by atoms with van der Waals surface area (Å²) in [5, 5.41) is 7.62. The standard InChI is InChI=1S/C19H16ClF3N4O2/c1-10-7-16(28)27(2)26-17(10)11-3-5-13(6-4-11)24-18(29)14-8-12(19(21,22)23)9-15(20)25-14/h3-6,8-10H,7H2,1-2H3,(H,24,29). The van der Waals surface area contributed by atoms with Gasteiger partial charge in [0.05, 0.1) is 11.3 Å². The summed E-state index contributed by atoms with van der Waals surface area (Å²) in [6, 6.07) is 7.90. The Balaban J connectivity index is 1.78. The lowest BCUT2D eigenvalue weighted by atomic mass is 9.94. The highest BCUT2D eigenvalue weighted by atomic mass is 35.5. The van der Waals surface area contributed by atoms with Crippen molar-refractivity contribution < 1.29 is 22.8 Å². The second-order valence-corrected chi connectivity index (χ2v) is 6.99. The Morgan fingerprint density at radius 3 is 2.52 bits per heavy atom. The lowest BCUT2D eigenvalue weighted by Crippen LogP contribution is -2.33. The molecule has 0 fully saturated rings. The third kappa shape index (κ3) is 4.73. The van der Waals surface area contributed by atoms with Crippen molar-refractivity contribution in [3.8, 4) is 0 Å². The third-order valence-electron chi connectivity index (χ3n) is 4.36. The van der Waals surface area contributed by atoms with Crippen LogP contribution in [0.25, 0.3) is 0 Å². The van der Waals surface area contributed by atoms with Crippen molar-refractivity contribution in [3.63, 3.8) is 0 Å². The van der Waals surface area contributed by atoms with Gasteiger partial charge in [0.2, 0.25) is 5.91 Å². The molecule has 1 aromatic heterocycles. The molecule has 1 N–H and O–H groups in total. The van der Waals surface area contributed by atoms with Gasteiger partial charge in [-0.15, -0.1) is 0 Å². The van der Waals surface area contributed by atoms with Crippen LogP contribution >= 0.6 is 11.6 Å². The fourth-order valence-electron chi connectivity index (χ4n) is 2.85. The van der Waals surface area contributed by atoms with E-state index in [4.69, 9.17) is 11.6 Å². The van der Waals surface area contributed by atoms with Crippen LogP contribution in [0.15, 0.2) is 41.5 Å². The monoisotopic (exact) mass is 424 g/mol. The number of carbonyl (C=O) groups excluding carboxylic acids is 2. The van der Waals surface area contributed by atoms with Crippen LogP contribution < -0.4 is 5.32 Å². The third-order valence-corrected chi connectivity index (χ3v) is 4.55. The van der Waals surface area contributed by atoms with E-state index in [0.717, 1.165) is 11.3 Å². The molecule has 1 atom stereocenters. The van der Waals surface area contributed by atoms with Gasteiger partial charge in [0.1, 0.15) is 10.8 Å². The molecule has 2 aromatic rings. The topological polar surface area (TPSA) is 74.7 Å². The number of pyridine rings is 1. The van der Waals surface area contributed by atoms with Crippen molar-refractivity contribution in [1.82, 2.24) is 9.99 Å². The number of amides is 2. The van der Waals surface area contributed by atoms with Gasteiger partial charge in [-0.25, -0.2) is 9.99 Å². The first-order valence-corrected chi connectivity index (χ1v) is 8.94. The number of carbonyl (C=O) groups is 2. The van der Waals surface area contributed by atoms with Crippen molar-refractivity contribution in [1.29, 1.82) is 0 Å². The van der Waals surface area contributed by atoms with Gasteiger partial charge in [-0.05, 0) is 29.8 Å². The molecule has 0 bridgehead atoms. The second-order valence-electron chi connectivity index (χ2n) is 6.60. The first kappa shape index (κ1) is 20.8. The molecule has 2 heterocycles. The molecular formula is C19H16ClF3N4O2. The minimum absolute atomic E-state index is 0.0596. The predicted molar refractivity (Wildman–Crippen MR) is 102 cm³/mol. The number of nitrogens with one attached hydrogen (secondary N) is 1. The first-order valence-electron chi connectivity index (χ1n) is 8.56. The highest BCUT2D eigenvalue weighted by molar-refractivity contribution is 6.29. The van der Waals surface area contributed by atoms with Crippen LogP contribution in [0.2, 0.25) is 5.15 Å². The summed E-state index contributed by atoms with van der Waals surface area (Å²) >= 11 is 5.61. The minimum Gasteiger partial charge on any atom is -0.321 e. The zero-order valence-electron chi connectivity index (χ0n) is 15.4. The van der Waals surface area contributed by atoms with Gasteiger partial charge < -0.3 is 5.32 Å². The highest BCUT2D eigenvalue weighted by Crippen LogP contribution is 2.31. The normalized spacial score (nSPS) is 17.2. The van der Waals surface area contributed by atoms with Crippen LogP contribution in [-0.4, -0.2) is 34.6 Å². The lowest BCUT2D eigenvalue weighted by molar-refractivity contribution is -0.137. The first-order chi connectivity index (χ1) is 13.5. The molecule has 0 saturated heterocycles. The fraction of sp³-hybridized carbons (Fsp3) is 0.263. The summed E-state index contributed by atoms with van der Waals surface area (Å²) in [6.45, 7) is 1.89. The van der Waals surface area contributed by atoms with Gasteiger partial charge in [0.25, 0.3) is 5.91 Å². The highest BCUT2D eigenvalue weighted by Gasteiger charge is 2.32. The van der Waals surface area contributed by atoms with Gasteiger partial charge in [-0.3, -0.25) is 9.59 Å². The average Bonchev–Trinajstić information content (AvgIpc) is 2.64. The zero-order chi connectivity index (χ0) is 21.3. The van der Waals surface area contributed by atoms with E-state index in [0.29, 0.717) is 24.2 Å². The van der Waals surface area contributed by atoms with E-state index in [1.54, 1.807) is 31.3 Å². The van der Waals surface area contributed by atoms with Crippen molar-refractivity contribution in [3.05, 3.63) is 58.4 Å². The minimum atomic E-state index is -4.64. The summed E-state index contributed by atoms with van der Waals surface area (Å²) in [5.41, 5.74) is 0.370. The molecule has 0 saturated carbocycles. The van der Waals surface area contributed by atoms with E-state index >= 15 is 0 Å². The van der Waals surface area contributed by atoms with Crippen LogP contribution in [0.1, 0.15) is 35.0 Å². The van der Waals surface area contributed by atoms with Crippen molar-refractivity contribution in [2.45, 2.75) is 19.5 Å². The molecule has 0 aliphatic carbocycles. The maximum Gasteiger partial charge on any atom is 0.416 e. The van der Waals surface area contributed by atoms with Crippen LogP contribution in [0, 0.1) is 5.92 Å². The average molecular weight is 425 g/mol. The Kier molecular flexibility index (Phi) is 5.61. The number of benzene rings is 1. The van der Waals surface area contributed by atoms with Gasteiger partial charge in [-0.1, -0.05) is 30.7 Å². The number of hydrogen-bond donors (Lipinski definition) is 1. The molecule has 1 aliphatic rings. The SMILES string of the molecule is CC1CC(=O)N(C)N=C1c1ccc(NC(=O)c2cc(C(F)(F)F)cc(Cl)n2)cc1. The van der Waals surface area contributed by atoms with E-state index in [9.17, 15) is 22.8 Å². The summed E-state index contributed by atoms with van der Waals surface area (Å²) in [7, 11) is 1.58. The van der Waals surface area contributed by atoms with E-state index in [-0.39, 0.29) is 11.8 Å². The number of aromatic nitrogens is 1. The summed E-state index contributed by atoms with van der Waals surface area (Å²) in [5.74, 6) is -0.951. The summed E-state index contributed by atoms with van der Waals surface area (Å²) in [6.07, 6.45) is -4.30. The van der Waals surface area contributed by atoms with Crippen LogP contribution in [0.3, 0.4) is 0 Å². The lowest BCUT2D eigenvalue weighted by Gasteiger charge is -2.24. The van der Waals surface area contributed by atoms with E-state index in [1.165, 1.54) is 5.01 Å². The fourth-order valence-corrected chi connectivity index (χ4v) is 3.05. The Bertz CT molecular complexity index is 990. The molecule has 29 heavy (non-hydrogen) atoms. The Hall–Kier alpha value is -2.94. The molecule has 0 radical (unpaired) electrons. The van der Waals surface area contributed by atoms with Crippen LogP contribution in [0.4, 0.5) is 18.9 Å². The molecule has 1 unspecified atom stereocenters. The van der Waals surface area contributed by atoms with Crippen molar-refractivity contribution >= 4 is 34.8 Å². The summed E-state index contributed by atoms with van der Waals surface area (Å²) < 4.78 is 38.7. The molecular weight excluding hydrogens is 409 g/mol. The Morgan fingerprint density at radius 2 is 1.90 bits per heavy atom. The number of nitrogens with zero attached hydrogens (tertiary/aromatic N) is 3. The predicted octanol–water partition coefficient (Wildman–Crippen LogP) is 4.21. The largest absolute Gasteiger partial charge is 0.416 e. The van der Waals surface area contributed by atoms with Crippen LogP contribution in [-0.2, 0) is 11.0 Å². The number of hydrogen-bond acceptors (Lipinski definition) is 4. The molecule has 152 valence electrons. The molecule has 3 rings (SSSR count). The van der Waals surface area contributed by atoms with E-state index in [1.807, 2.05) is 6.92 Å². The number of hydrazone groups is 1. The Morgan fingerprint density at radius 1 is 1.24 bits per heavy atom. The van der Waals surface area contributed by atoms with Crippen molar-refractivity contribution in [2.24, 2.45) is 11.0 Å². The maximum atomic E-state index is 12.9. The molecule has 1 aliphatic heterocycles. The van der Waals surface area contributed by atoms with Gasteiger partial charge in [-0.2, -0.15) is 18.3 Å². The van der Waals surface area contributed by atoms with Gasteiger partial charge in [0, 0.05) is 25.1 Å². The van der Waals surface area contributed by atoms with Gasteiger partial charge >= 0.3 is 6.18 Å². The molecule has 10 heteroatoms. The molecule has 1 aromatic carbocycles.